The van der Waals surface area contributed by atoms with Crippen LogP contribution in [0.1, 0.15) is 24.0 Å². The van der Waals surface area contributed by atoms with E-state index in [4.69, 9.17) is 5.73 Å². The first-order chi connectivity index (χ1) is 5.62. The van der Waals surface area contributed by atoms with Crippen LogP contribution in [0.5, 0.6) is 0 Å². The third-order valence-corrected chi connectivity index (χ3v) is 3.14. The lowest BCUT2D eigenvalue weighted by atomic mass is 10.0. The van der Waals surface area contributed by atoms with Gasteiger partial charge in [-0.15, -0.1) is 12.4 Å². The van der Waals surface area contributed by atoms with E-state index in [-0.39, 0.29) is 17.9 Å². The summed E-state index contributed by atoms with van der Waals surface area (Å²) < 4.78 is 1.15. The van der Waals surface area contributed by atoms with E-state index in [1.54, 1.807) is 0 Å². The van der Waals surface area contributed by atoms with E-state index in [1.807, 2.05) is 0 Å². The molecule has 13 heavy (non-hydrogen) atoms. The molecule has 1 nitrogen and oxygen atoms in total. The Morgan fingerprint density at radius 2 is 2.00 bits per heavy atom. The highest BCUT2D eigenvalue weighted by Crippen LogP contribution is 2.45. The molecule has 0 aromatic heterocycles. The van der Waals surface area contributed by atoms with Crippen LogP contribution in [0.3, 0.4) is 0 Å². The second-order valence-electron chi connectivity index (χ2n) is 3.64. The Labute approximate surface area is 93.2 Å². The van der Waals surface area contributed by atoms with Gasteiger partial charge in [-0.3, -0.25) is 0 Å². The first-order valence-electron chi connectivity index (χ1n) is 4.17. The Hall–Kier alpha value is -0.0500. The molecule has 0 bridgehead atoms. The Kier molecular flexibility index (Phi) is 3.05. The fraction of sp³-hybridized carbons (Fsp3) is 0.400. The fourth-order valence-electron chi connectivity index (χ4n) is 1.42. The molecule has 0 spiro atoms. The van der Waals surface area contributed by atoms with E-state index in [0.717, 1.165) is 17.3 Å². The average molecular weight is 263 g/mol. The van der Waals surface area contributed by atoms with Crippen molar-refractivity contribution < 1.29 is 0 Å². The zero-order chi connectivity index (χ0) is 8.77. The molecule has 0 atom stereocenters. The minimum atomic E-state index is -0.0230. The van der Waals surface area contributed by atoms with Gasteiger partial charge in [0.1, 0.15) is 0 Å². The third kappa shape index (κ3) is 2.06. The molecule has 0 radical (unpaired) electrons. The van der Waals surface area contributed by atoms with E-state index in [9.17, 15) is 0 Å². The predicted molar refractivity (Wildman–Crippen MR) is 61.2 cm³/mol. The first kappa shape index (κ1) is 11.0. The van der Waals surface area contributed by atoms with Gasteiger partial charge in [-0.1, -0.05) is 33.6 Å². The van der Waals surface area contributed by atoms with Crippen LogP contribution >= 0.6 is 28.3 Å². The van der Waals surface area contributed by atoms with Crippen molar-refractivity contribution in [3.8, 4) is 0 Å². The minimum Gasteiger partial charge on any atom is -0.321 e. The zero-order valence-electron chi connectivity index (χ0n) is 7.51. The number of aryl methyl sites for hydroxylation is 1. The van der Waals surface area contributed by atoms with Gasteiger partial charge in [-0.25, -0.2) is 0 Å². The van der Waals surface area contributed by atoms with Crippen molar-refractivity contribution in [2.45, 2.75) is 25.3 Å². The number of hydrogen-bond donors (Lipinski definition) is 1. The van der Waals surface area contributed by atoms with E-state index in [1.165, 1.54) is 11.1 Å². The molecule has 0 amide bonds. The smallest absolute Gasteiger partial charge is 0.0422 e. The average Bonchev–Trinajstić information content (AvgIpc) is 2.75. The highest BCUT2D eigenvalue weighted by atomic mass is 79.9. The highest BCUT2D eigenvalue weighted by Gasteiger charge is 2.41. The Bertz CT molecular complexity index is 321. The van der Waals surface area contributed by atoms with Crippen molar-refractivity contribution in [1.82, 2.24) is 0 Å². The molecule has 0 heterocycles. The number of rotatable bonds is 1. The van der Waals surface area contributed by atoms with E-state index >= 15 is 0 Å². The molecular formula is C10H13BrClN. The van der Waals surface area contributed by atoms with Crippen molar-refractivity contribution >= 4 is 28.3 Å². The Balaban J connectivity index is 0.000000845. The molecule has 0 saturated heterocycles. The van der Waals surface area contributed by atoms with Crippen molar-refractivity contribution in [2.75, 3.05) is 0 Å². The molecule has 1 aliphatic carbocycles. The molecule has 2 N–H and O–H groups in total. The van der Waals surface area contributed by atoms with Gasteiger partial charge in [0.25, 0.3) is 0 Å². The Morgan fingerprint density at radius 1 is 1.38 bits per heavy atom. The number of benzene rings is 1. The maximum absolute atomic E-state index is 6.11. The van der Waals surface area contributed by atoms with E-state index in [2.05, 4.69) is 41.1 Å². The second-order valence-corrected chi connectivity index (χ2v) is 4.49. The van der Waals surface area contributed by atoms with Crippen LogP contribution in [0.2, 0.25) is 0 Å². The molecule has 0 unspecified atom stereocenters. The summed E-state index contributed by atoms with van der Waals surface area (Å²) in [5.74, 6) is 0. The maximum atomic E-state index is 6.11. The fourth-order valence-corrected chi connectivity index (χ4v) is 2.07. The summed E-state index contributed by atoms with van der Waals surface area (Å²) in [5.41, 5.74) is 8.63. The van der Waals surface area contributed by atoms with Crippen molar-refractivity contribution in [3.63, 3.8) is 0 Å². The van der Waals surface area contributed by atoms with Crippen LogP contribution in [0.15, 0.2) is 22.7 Å². The maximum Gasteiger partial charge on any atom is 0.0422 e. The van der Waals surface area contributed by atoms with Gasteiger partial charge in [-0.2, -0.15) is 0 Å². The molecular weight excluding hydrogens is 249 g/mol. The summed E-state index contributed by atoms with van der Waals surface area (Å²) in [6, 6.07) is 6.36. The Morgan fingerprint density at radius 3 is 2.54 bits per heavy atom. The number of nitrogens with two attached hydrogens (primary N) is 1. The summed E-state index contributed by atoms with van der Waals surface area (Å²) in [7, 11) is 0. The van der Waals surface area contributed by atoms with Gasteiger partial charge in [-0.05, 0) is 31.4 Å². The minimum absolute atomic E-state index is 0. The van der Waals surface area contributed by atoms with Crippen LogP contribution in [-0.4, -0.2) is 0 Å². The molecule has 1 saturated carbocycles. The lowest BCUT2D eigenvalue weighted by Crippen LogP contribution is -2.19. The number of hydrogen-bond acceptors (Lipinski definition) is 1. The summed E-state index contributed by atoms with van der Waals surface area (Å²) >= 11 is 3.53. The van der Waals surface area contributed by atoms with Crippen molar-refractivity contribution in [2.24, 2.45) is 5.73 Å². The summed E-state index contributed by atoms with van der Waals surface area (Å²) in [4.78, 5) is 0. The lowest BCUT2D eigenvalue weighted by Gasteiger charge is -2.11. The SMILES string of the molecule is Cc1ccc(Br)c(C2(N)CC2)c1.Cl. The molecule has 0 aliphatic heterocycles. The molecule has 1 fully saturated rings. The van der Waals surface area contributed by atoms with Gasteiger partial charge in [0, 0.05) is 10.0 Å². The van der Waals surface area contributed by atoms with E-state index in [0.29, 0.717) is 0 Å². The quantitative estimate of drug-likeness (QED) is 0.827. The molecule has 1 aromatic carbocycles. The largest absolute Gasteiger partial charge is 0.321 e. The normalized spacial score (nSPS) is 17.8. The van der Waals surface area contributed by atoms with Crippen LogP contribution in [0.25, 0.3) is 0 Å². The van der Waals surface area contributed by atoms with Crippen LogP contribution in [0.4, 0.5) is 0 Å². The van der Waals surface area contributed by atoms with Gasteiger partial charge >= 0.3 is 0 Å². The van der Waals surface area contributed by atoms with Crippen LogP contribution in [-0.2, 0) is 5.54 Å². The standard InChI is InChI=1S/C10H12BrN.ClH/c1-7-2-3-9(11)8(6-7)10(12)4-5-10;/h2-3,6H,4-5,12H2,1H3;1H. The monoisotopic (exact) mass is 261 g/mol. The molecule has 3 heteroatoms. The van der Waals surface area contributed by atoms with Crippen molar-refractivity contribution in [3.05, 3.63) is 33.8 Å². The predicted octanol–water partition coefficient (Wildman–Crippen LogP) is 3.13. The van der Waals surface area contributed by atoms with Crippen LogP contribution in [0, 0.1) is 6.92 Å². The van der Waals surface area contributed by atoms with Gasteiger partial charge in [0.15, 0.2) is 0 Å². The van der Waals surface area contributed by atoms with Gasteiger partial charge in [0.2, 0.25) is 0 Å². The summed E-state index contributed by atoms with van der Waals surface area (Å²) in [6.07, 6.45) is 2.24. The summed E-state index contributed by atoms with van der Waals surface area (Å²) in [5, 5.41) is 0. The third-order valence-electron chi connectivity index (χ3n) is 2.45. The number of halogens is 2. The molecule has 1 aliphatic rings. The molecule has 72 valence electrons. The van der Waals surface area contributed by atoms with Gasteiger partial charge < -0.3 is 5.73 Å². The highest BCUT2D eigenvalue weighted by molar-refractivity contribution is 9.10. The molecule has 1 aromatic rings. The van der Waals surface area contributed by atoms with Gasteiger partial charge in [0.05, 0.1) is 0 Å². The van der Waals surface area contributed by atoms with Crippen LogP contribution < -0.4 is 5.73 Å². The lowest BCUT2D eigenvalue weighted by molar-refractivity contribution is 0.734. The summed E-state index contributed by atoms with van der Waals surface area (Å²) in [6.45, 7) is 2.10. The second kappa shape index (κ2) is 3.60. The topological polar surface area (TPSA) is 26.0 Å². The first-order valence-corrected chi connectivity index (χ1v) is 4.97. The zero-order valence-corrected chi connectivity index (χ0v) is 9.91. The molecule has 2 rings (SSSR count). The van der Waals surface area contributed by atoms with Crippen molar-refractivity contribution in [1.29, 1.82) is 0 Å². The van der Waals surface area contributed by atoms with E-state index < -0.39 is 0 Å².